The monoisotopic (exact) mass is 511 g/mol. The summed E-state index contributed by atoms with van der Waals surface area (Å²) in [5.74, 6) is 0.472. The number of esters is 1. The first-order chi connectivity index (χ1) is 16.0. The van der Waals surface area contributed by atoms with Gasteiger partial charge in [-0.15, -0.1) is 0 Å². The molecule has 3 rings (SSSR count). The number of methoxy groups -OCH3 is 1. The van der Waals surface area contributed by atoms with Crippen molar-refractivity contribution in [2.75, 3.05) is 13.7 Å². The summed E-state index contributed by atoms with van der Waals surface area (Å²) >= 11 is -0.746. The molecule has 1 atom stereocenters. The number of rotatable bonds is 11. The van der Waals surface area contributed by atoms with Crippen molar-refractivity contribution in [3.63, 3.8) is 0 Å². The zero-order valence-electron chi connectivity index (χ0n) is 18.5. The first kappa shape index (κ1) is 24.5. The molecule has 3 aromatic carbocycles. The van der Waals surface area contributed by atoms with Gasteiger partial charge in [0.2, 0.25) is 0 Å². The molecule has 0 fully saturated rings. The zero-order valence-corrected chi connectivity index (χ0v) is 20.4. The molecule has 0 saturated heterocycles. The minimum absolute atomic E-state index is 0.00102. The van der Waals surface area contributed by atoms with E-state index in [2.05, 4.69) is 0 Å². The van der Waals surface area contributed by atoms with Gasteiger partial charge in [-0.3, -0.25) is 0 Å². The van der Waals surface area contributed by atoms with Crippen LogP contribution in [0.1, 0.15) is 39.5 Å². The van der Waals surface area contributed by atoms with Crippen LogP contribution < -0.4 is 9.47 Å². The fourth-order valence-electron chi connectivity index (χ4n) is 3.23. The van der Waals surface area contributed by atoms with Crippen LogP contribution in [0, 0.1) is 5.82 Å². The summed E-state index contributed by atoms with van der Waals surface area (Å²) in [7, 11) is 1.34. The normalized spacial score (nSPS) is 11.8. The molecule has 7 heteroatoms. The number of benzene rings is 3. The van der Waals surface area contributed by atoms with E-state index >= 15 is 0 Å². The van der Waals surface area contributed by atoms with Gasteiger partial charge in [-0.05, 0) is 0 Å². The van der Waals surface area contributed by atoms with Gasteiger partial charge in [-0.1, -0.05) is 6.07 Å². The Balaban J connectivity index is 1.51. The summed E-state index contributed by atoms with van der Waals surface area (Å²) in [6.45, 7) is 2.13. The van der Waals surface area contributed by atoms with Crippen LogP contribution in [0.3, 0.4) is 0 Å². The minimum atomic E-state index is -0.746. The second-order valence-electron chi connectivity index (χ2n) is 7.17. The molecule has 3 aromatic rings. The number of carbonyl (C=O) groups excluding carboxylic acids is 2. The first-order valence-corrected chi connectivity index (χ1v) is 12.5. The summed E-state index contributed by atoms with van der Waals surface area (Å²) in [6, 6.07) is 20.6. The van der Waals surface area contributed by atoms with Gasteiger partial charge in [-0.25, -0.2) is 4.79 Å². The van der Waals surface area contributed by atoms with Crippen LogP contribution in [-0.2, 0) is 16.1 Å². The molecule has 0 spiro atoms. The number of carbonyl (C=O) groups is 2. The molecule has 0 N–H and O–H groups in total. The summed E-state index contributed by atoms with van der Waals surface area (Å²) in [4.78, 5) is 24.3. The Hall–Kier alpha value is -3.11. The molecule has 0 amide bonds. The SMILES string of the molecule is CCC([As]C(=O)COc1ccc(OCc2ccccc2C(=O)OC)cc1)c1ccccc1F. The number of halogens is 1. The van der Waals surface area contributed by atoms with Crippen LogP contribution in [0.5, 0.6) is 11.5 Å². The molecule has 171 valence electrons. The van der Waals surface area contributed by atoms with Gasteiger partial charge in [0.1, 0.15) is 0 Å². The van der Waals surface area contributed by atoms with E-state index in [1.165, 1.54) is 13.2 Å². The van der Waals surface area contributed by atoms with E-state index in [0.717, 1.165) is 5.56 Å². The average Bonchev–Trinajstić information content (AvgIpc) is 2.85. The summed E-state index contributed by atoms with van der Waals surface area (Å²) < 4.78 is 30.2. The Bertz CT molecular complexity index is 1080. The molecule has 0 aliphatic rings. The molecule has 0 heterocycles. The Morgan fingerprint density at radius 1 is 0.909 bits per heavy atom. The summed E-state index contributed by atoms with van der Waals surface area (Å²) in [6.07, 6.45) is 0.706. The molecule has 0 aliphatic heterocycles. The predicted molar refractivity (Wildman–Crippen MR) is 124 cm³/mol. The maximum atomic E-state index is 14.1. The van der Waals surface area contributed by atoms with E-state index in [1.54, 1.807) is 54.6 Å². The van der Waals surface area contributed by atoms with Crippen molar-refractivity contribution in [3.8, 4) is 11.5 Å². The van der Waals surface area contributed by atoms with Gasteiger partial charge in [0, 0.05) is 0 Å². The van der Waals surface area contributed by atoms with E-state index in [-0.39, 0.29) is 28.3 Å². The molecular weight excluding hydrogens is 486 g/mol. The van der Waals surface area contributed by atoms with Gasteiger partial charge in [0.15, 0.2) is 0 Å². The Morgan fingerprint density at radius 2 is 1.55 bits per heavy atom. The molecule has 0 bridgehead atoms. The van der Waals surface area contributed by atoms with Gasteiger partial charge in [0.05, 0.1) is 7.11 Å². The van der Waals surface area contributed by atoms with Crippen molar-refractivity contribution in [1.29, 1.82) is 0 Å². The molecule has 1 unspecified atom stereocenters. The maximum absolute atomic E-state index is 14.1. The molecule has 33 heavy (non-hydrogen) atoms. The van der Waals surface area contributed by atoms with Crippen LogP contribution in [0.25, 0.3) is 0 Å². The van der Waals surface area contributed by atoms with E-state index in [9.17, 15) is 14.0 Å². The molecule has 0 aromatic heterocycles. The van der Waals surface area contributed by atoms with Gasteiger partial charge in [-0.2, -0.15) is 0 Å². The zero-order chi connectivity index (χ0) is 23.6. The van der Waals surface area contributed by atoms with Crippen LogP contribution in [0.15, 0.2) is 72.8 Å². The summed E-state index contributed by atoms with van der Waals surface area (Å²) in [5, 5.41) is 0. The average molecular weight is 511 g/mol. The van der Waals surface area contributed by atoms with Crippen molar-refractivity contribution in [3.05, 3.63) is 95.3 Å². The Morgan fingerprint density at radius 3 is 2.21 bits per heavy atom. The van der Waals surface area contributed by atoms with Gasteiger partial charge >= 0.3 is 177 Å². The van der Waals surface area contributed by atoms with Crippen molar-refractivity contribution in [2.45, 2.75) is 24.7 Å². The number of hydrogen-bond acceptors (Lipinski definition) is 5. The Labute approximate surface area is 199 Å². The van der Waals surface area contributed by atoms with Crippen LogP contribution in [0.4, 0.5) is 4.39 Å². The van der Waals surface area contributed by atoms with Crippen LogP contribution in [-0.4, -0.2) is 40.0 Å². The van der Waals surface area contributed by atoms with E-state index in [1.807, 2.05) is 19.1 Å². The van der Waals surface area contributed by atoms with Crippen molar-refractivity contribution in [2.24, 2.45) is 0 Å². The van der Waals surface area contributed by atoms with E-state index in [4.69, 9.17) is 14.2 Å². The number of ether oxygens (including phenoxy) is 3. The quantitative estimate of drug-likeness (QED) is 0.269. The first-order valence-electron chi connectivity index (χ1n) is 10.5. The molecular formula is C26H25AsFO5. The number of hydrogen-bond donors (Lipinski definition) is 0. The van der Waals surface area contributed by atoms with E-state index < -0.39 is 21.7 Å². The van der Waals surface area contributed by atoms with Crippen molar-refractivity contribution in [1.82, 2.24) is 0 Å². The van der Waals surface area contributed by atoms with Gasteiger partial charge < -0.3 is 4.74 Å². The molecule has 0 aliphatic carbocycles. The van der Waals surface area contributed by atoms with E-state index in [0.29, 0.717) is 29.0 Å². The third-order valence-corrected chi connectivity index (χ3v) is 7.83. The second kappa shape index (κ2) is 12.2. The predicted octanol–water partition coefficient (Wildman–Crippen LogP) is 4.95. The van der Waals surface area contributed by atoms with Gasteiger partial charge in [0.25, 0.3) is 0 Å². The standard InChI is InChI=1S/C26H25AsFO5/c1-3-23(22-10-6-7-11-24(22)28)27-25(29)17-33-20-14-12-19(13-15-20)32-16-18-8-4-5-9-21(18)26(30)31-2/h4-15,23H,3,16-17H2,1-2H3. The fraction of sp³-hybridized carbons (Fsp3) is 0.231. The topological polar surface area (TPSA) is 61.8 Å². The Kier molecular flexibility index (Phi) is 9.08. The van der Waals surface area contributed by atoms with Crippen molar-refractivity contribution >= 4 is 26.3 Å². The fourth-order valence-corrected chi connectivity index (χ4v) is 5.37. The van der Waals surface area contributed by atoms with Crippen molar-refractivity contribution < 1.29 is 28.2 Å². The van der Waals surface area contributed by atoms with Crippen LogP contribution >= 0.6 is 0 Å². The molecule has 1 radical (unpaired) electrons. The molecule has 0 saturated carbocycles. The summed E-state index contributed by atoms with van der Waals surface area (Å²) in [5.41, 5.74) is 1.78. The second-order valence-corrected chi connectivity index (χ2v) is 10.1. The molecule has 5 nitrogen and oxygen atoms in total. The third kappa shape index (κ3) is 6.93. The van der Waals surface area contributed by atoms with Crippen LogP contribution in [0.2, 0.25) is 0 Å². The third-order valence-electron chi connectivity index (χ3n) is 4.95.